The van der Waals surface area contributed by atoms with Crippen LogP contribution in [0.2, 0.25) is 0 Å². The lowest BCUT2D eigenvalue weighted by Crippen LogP contribution is -2.23. The van der Waals surface area contributed by atoms with Crippen LogP contribution in [0, 0.1) is 0 Å². The lowest BCUT2D eigenvalue weighted by molar-refractivity contribution is -0.115. The minimum Gasteiger partial charge on any atom is -0.325 e. The highest BCUT2D eigenvalue weighted by Gasteiger charge is 2.20. The zero-order chi connectivity index (χ0) is 19.6. The van der Waals surface area contributed by atoms with Crippen molar-refractivity contribution >= 4 is 44.7 Å². The highest BCUT2D eigenvalue weighted by molar-refractivity contribution is 8.00. The van der Waals surface area contributed by atoms with E-state index in [0.717, 1.165) is 10.7 Å². The Kier molecular flexibility index (Phi) is 5.65. The number of anilines is 1. The number of aromatic nitrogens is 3. The molecule has 0 fully saturated rings. The number of sulfonamides is 1. The molecular weight excluding hydrogens is 406 g/mol. The van der Waals surface area contributed by atoms with Crippen molar-refractivity contribution in [3.8, 4) is 10.7 Å². The summed E-state index contributed by atoms with van der Waals surface area (Å²) in [5.41, 5.74) is 0.483. The molecule has 2 heterocycles. The Morgan fingerprint density at radius 2 is 1.96 bits per heavy atom. The van der Waals surface area contributed by atoms with E-state index in [2.05, 4.69) is 15.5 Å². The van der Waals surface area contributed by atoms with E-state index in [9.17, 15) is 13.2 Å². The molecule has 1 atom stereocenters. The molecule has 8 nitrogen and oxygen atoms in total. The predicted octanol–water partition coefficient (Wildman–Crippen LogP) is 2.31. The Hall–Kier alpha value is -2.21. The van der Waals surface area contributed by atoms with Crippen LogP contribution in [0.5, 0.6) is 0 Å². The first-order chi connectivity index (χ1) is 12.8. The number of amides is 1. The van der Waals surface area contributed by atoms with Crippen molar-refractivity contribution in [2.24, 2.45) is 12.2 Å². The average Bonchev–Trinajstić information content (AvgIpc) is 3.25. The molecule has 142 valence electrons. The molecule has 3 rings (SSSR count). The number of thioether (sulfide) groups is 1. The van der Waals surface area contributed by atoms with Gasteiger partial charge in [0.1, 0.15) is 0 Å². The number of nitrogens with two attached hydrogens (primary N) is 1. The minimum atomic E-state index is -3.76. The maximum absolute atomic E-state index is 12.4. The van der Waals surface area contributed by atoms with E-state index in [1.165, 1.54) is 36.0 Å². The van der Waals surface area contributed by atoms with Gasteiger partial charge in [-0.3, -0.25) is 4.79 Å². The number of nitrogens with zero attached hydrogens (tertiary/aromatic N) is 3. The van der Waals surface area contributed by atoms with E-state index in [1.807, 2.05) is 29.1 Å². The number of nitrogens with one attached hydrogen (secondary N) is 1. The van der Waals surface area contributed by atoms with Crippen molar-refractivity contribution in [1.29, 1.82) is 0 Å². The number of carbonyl (C=O) groups is 1. The summed E-state index contributed by atoms with van der Waals surface area (Å²) in [4.78, 5) is 13.4. The maximum atomic E-state index is 12.4. The zero-order valence-corrected chi connectivity index (χ0v) is 16.9. The number of carbonyl (C=O) groups excluding carboxylic acids is 1. The van der Waals surface area contributed by atoms with Crippen molar-refractivity contribution < 1.29 is 13.2 Å². The number of primary sulfonamides is 1. The zero-order valence-electron chi connectivity index (χ0n) is 14.5. The van der Waals surface area contributed by atoms with Crippen molar-refractivity contribution in [2.75, 3.05) is 5.32 Å². The average molecular weight is 424 g/mol. The number of benzene rings is 1. The Morgan fingerprint density at radius 3 is 2.56 bits per heavy atom. The van der Waals surface area contributed by atoms with Gasteiger partial charge in [0.25, 0.3) is 0 Å². The number of thiophene rings is 1. The topological polar surface area (TPSA) is 120 Å². The van der Waals surface area contributed by atoms with Gasteiger partial charge in [-0.1, -0.05) is 17.8 Å². The fraction of sp³-hybridized carbons (Fsp3) is 0.188. The Morgan fingerprint density at radius 1 is 1.26 bits per heavy atom. The van der Waals surface area contributed by atoms with Gasteiger partial charge < -0.3 is 9.88 Å². The Bertz CT molecular complexity index is 1040. The van der Waals surface area contributed by atoms with Crippen LogP contribution in [0.3, 0.4) is 0 Å². The quantitative estimate of drug-likeness (QED) is 0.587. The van der Waals surface area contributed by atoms with Crippen molar-refractivity contribution in [3.05, 3.63) is 41.8 Å². The van der Waals surface area contributed by atoms with Crippen molar-refractivity contribution in [1.82, 2.24) is 14.8 Å². The first-order valence-corrected chi connectivity index (χ1v) is 11.1. The fourth-order valence-corrected chi connectivity index (χ4v) is 4.30. The van der Waals surface area contributed by atoms with E-state index in [1.54, 1.807) is 18.3 Å². The second-order valence-corrected chi connectivity index (χ2v) is 9.48. The second kappa shape index (κ2) is 7.80. The third kappa shape index (κ3) is 4.56. The van der Waals surface area contributed by atoms with Crippen LogP contribution in [0.15, 0.2) is 51.8 Å². The number of rotatable bonds is 6. The van der Waals surface area contributed by atoms with Crippen molar-refractivity contribution in [2.45, 2.75) is 22.2 Å². The molecule has 0 spiro atoms. The molecule has 1 aromatic carbocycles. The molecule has 0 saturated carbocycles. The van der Waals surface area contributed by atoms with Crippen LogP contribution < -0.4 is 10.5 Å². The first kappa shape index (κ1) is 19.5. The molecule has 0 aliphatic carbocycles. The monoisotopic (exact) mass is 423 g/mol. The van der Waals surface area contributed by atoms with Gasteiger partial charge in [0.05, 0.1) is 15.0 Å². The Labute approximate surface area is 164 Å². The summed E-state index contributed by atoms with van der Waals surface area (Å²) < 4.78 is 24.4. The minimum absolute atomic E-state index is 0.0110. The first-order valence-electron chi connectivity index (χ1n) is 7.79. The van der Waals surface area contributed by atoms with E-state index in [4.69, 9.17) is 5.14 Å². The van der Waals surface area contributed by atoms with Crippen LogP contribution in [0.4, 0.5) is 5.69 Å². The molecule has 27 heavy (non-hydrogen) atoms. The molecule has 3 aromatic rings. The van der Waals surface area contributed by atoms with E-state index in [-0.39, 0.29) is 10.8 Å². The molecule has 0 aliphatic heterocycles. The lowest BCUT2D eigenvalue weighted by atomic mass is 10.3. The molecule has 0 bridgehead atoms. The third-order valence-electron chi connectivity index (χ3n) is 3.68. The van der Waals surface area contributed by atoms with Crippen LogP contribution in [0.25, 0.3) is 10.7 Å². The van der Waals surface area contributed by atoms with Gasteiger partial charge in [0.15, 0.2) is 11.0 Å². The standard InChI is InChI=1S/C16H17N5O3S3/c1-10(15(22)18-11-5-7-12(8-6-11)27(17,23)24)26-16-20-19-14(21(16)2)13-4-3-9-25-13/h3-10H,1-2H3,(H,18,22)(H2,17,23,24). The maximum Gasteiger partial charge on any atom is 0.238 e. The number of hydrogen-bond donors (Lipinski definition) is 2. The molecule has 1 amide bonds. The van der Waals surface area contributed by atoms with Crippen LogP contribution in [-0.4, -0.2) is 34.3 Å². The summed E-state index contributed by atoms with van der Waals surface area (Å²) in [6.07, 6.45) is 0. The van der Waals surface area contributed by atoms with Gasteiger partial charge in [0.2, 0.25) is 15.9 Å². The fourth-order valence-electron chi connectivity index (χ4n) is 2.22. The number of hydrogen-bond acceptors (Lipinski definition) is 7. The van der Waals surface area contributed by atoms with Gasteiger partial charge in [-0.15, -0.1) is 21.5 Å². The van der Waals surface area contributed by atoms with Gasteiger partial charge >= 0.3 is 0 Å². The SMILES string of the molecule is CC(Sc1nnc(-c2cccs2)n1C)C(=O)Nc1ccc(S(N)(=O)=O)cc1. The highest BCUT2D eigenvalue weighted by atomic mass is 32.2. The van der Waals surface area contributed by atoms with E-state index in [0.29, 0.717) is 10.8 Å². The summed E-state index contributed by atoms with van der Waals surface area (Å²) >= 11 is 2.86. The molecule has 0 radical (unpaired) electrons. The van der Waals surface area contributed by atoms with Crippen LogP contribution in [0.1, 0.15) is 6.92 Å². The highest BCUT2D eigenvalue weighted by Crippen LogP contribution is 2.28. The molecule has 2 aromatic heterocycles. The summed E-state index contributed by atoms with van der Waals surface area (Å²) in [5, 5.41) is 18.3. The van der Waals surface area contributed by atoms with Crippen molar-refractivity contribution in [3.63, 3.8) is 0 Å². The van der Waals surface area contributed by atoms with Gasteiger partial charge in [-0.2, -0.15) is 0 Å². The van der Waals surface area contributed by atoms with E-state index >= 15 is 0 Å². The second-order valence-electron chi connectivity index (χ2n) is 5.66. The largest absolute Gasteiger partial charge is 0.325 e. The molecule has 0 saturated heterocycles. The Balaban J connectivity index is 1.66. The third-order valence-corrected chi connectivity index (χ3v) is 6.61. The molecule has 3 N–H and O–H groups in total. The molecule has 11 heteroatoms. The van der Waals surface area contributed by atoms with Gasteiger partial charge in [-0.25, -0.2) is 13.6 Å². The normalized spacial score (nSPS) is 12.7. The summed E-state index contributed by atoms with van der Waals surface area (Å²) in [6, 6.07) is 9.58. The molecular formula is C16H17N5O3S3. The smallest absolute Gasteiger partial charge is 0.238 e. The van der Waals surface area contributed by atoms with Crippen LogP contribution in [-0.2, 0) is 21.9 Å². The molecule has 1 unspecified atom stereocenters. The molecule has 0 aliphatic rings. The summed E-state index contributed by atoms with van der Waals surface area (Å²) in [7, 11) is -1.91. The van der Waals surface area contributed by atoms with E-state index < -0.39 is 15.3 Å². The summed E-state index contributed by atoms with van der Waals surface area (Å²) in [5.74, 6) is 0.516. The summed E-state index contributed by atoms with van der Waals surface area (Å²) in [6.45, 7) is 1.76. The predicted molar refractivity (Wildman–Crippen MR) is 106 cm³/mol. The van der Waals surface area contributed by atoms with Gasteiger partial charge in [0, 0.05) is 12.7 Å². The van der Waals surface area contributed by atoms with Crippen LogP contribution >= 0.6 is 23.1 Å². The lowest BCUT2D eigenvalue weighted by Gasteiger charge is -2.12. The van der Waals surface area contributed by atoms with Gasteiger partial charge in [-0.05, 0) is 42.6 Å².